The highest BCUT2D eigenvalue weighted by atomic mass is 16.3. The van der Waals surface area contributed by atoms with Gasteiger partial charge < -0.3 is 8.98 Å². The van der Waals surface area contributed by atoms with Crippen LogP contribution in [0, 0.1) is 0 Å². The number of para-hydroxylation sites is 2. The van der Waals surface area contributed by atoms with E-state index >= 15 is 0 Å². The number of fused-ring (bicyclic) bond motifs is 7. The first-order valence-electron chi connectivity index (χ1n) is 18.0. The highest BCUT2D eigenvalue weighted by Crippen LogP contribution is 2.37. The molecule has 0 fully saturated rings. The van der Waals surface area contributed by atoms with Crippen LogP contribution in [-0.2, 0) is 0 Å². The molecule has 0 amide bonds. The molecule has 0 bridgehead atoms. The van der Waals surface area contributed by atoms with Crippen LogP contribution in [0.1, 0.15) is 0 Å². The number of hydrogen-bond acceptors (Lipinski definition) is 5. The SMILES string of the molecule is c1ccc(-c2nc3ccc4cccc(-c5nc(-c6ccc(-n7c8ccccc8c8ccccc87)cc6)nc(-c6ccc7ccccc7c6)n5)c4c3o2)cc1. The van der Waals surface area contributed by atoms with Crippen molar-refractivity contribution >= 4 is 54.5 Å². The summed E-state index contributed by atoms with van der Waals surface area (Å²) in [6.45, 7) is 0. The maximum absolute atomic E-state index is 6.53. The van der Waals surface area contributed by atoms with E-state index in [0.29, 0.717) is 28.9 Å². The van der Waals surface area contributed by atoms with Crippen molar-refractivity contribution in [3.05, 3.63) is 176 Å². The molecule has 54 heavy (non-hydrogen) atoms. The highest BCUT2D eigenvalue weighted by Gasteiger charge is 2.19. The van der Waals surface area contributed by atoms with Crippen molar-refractivity contribution in [3.63, 3.8) is 0 Å². The Hall–Kier alpha value is -7.44. The summed E-state index contributed by atoms with van der Waals surface area (Å²) in [6, 6.07) is 60.6. The van der Waals surface area contributed by atoms with Gasteiger partial charge >= 0.3 is 0 Å². The topological polar surface area (TPSA) is 69.6 Å². The molecular weight excluding hydrogens is 663 g/mol. The van der Waals surface area contributed by atoms with E-state index in [1.165, 1.54) is 10.8 Å². The standard InChI is InChI=1S/C48H29N5O/c1-2-12-33(13-3-1)48-49-40-28-25-31-15-10-18-39(43(31)44(40)54-48)47-51-45(50-46(52-47)35-22-21-30-11-4-5-14-34(30)29-35)32-23-26-36(27-24-32)53-41-19-8-6-16-37(41)38-17-7-9-20-42(38)53/h1-29H. The van der Waals surface area contributed by atoms with Crippen LogP contribution in [0.2, 0.25) is 0 Å². The Bertz CT molecular complexity index is 3160. The molecule has 11 aromatic rings. The van der Waals surface area contributed by atoms with Gasteiger partial charge in [0.2, 0.25) is 5.89 Å². The minimum Gasteiger partial charge on any atom is -0.435 e. The van der Waals surface area contributed by atoms with Crippen molar-refractivity contribution in [2.45, 2.75) is 0 Å². The van der Waals surface area contributed by atoms with Crippen LogP contribution >= 0.6 is 0 Å². The minimum absolute atomic E-state index is 0.561. The van der Waals surface area contributed by atoms with Crippen LogP contribution in [0.4, 0.5) is 0 Å². The predicted octanol–water partition coefficient (Wildman–Crippen LogP) is 12.1. The Morgan fingerprint density at radius 1 is 0.407 bits per heavy atom. The van der Waals surface area contributed by atoms with Crippen molar-refractivity contribution in [2.24, 2.45) is 0 Å². The van der Waals surface area contributed by atoms with Crippen LogP contribution in [0.25, 0.3) is 106 Å². The summed E-state index contributed by atoms with van der Waals surface area (Å²) in [5, 5.41) is 6.66. The molecule has 0 N–H and O–H groups in total. The van der Waals surface area contributed by atoms with Crippen molar-refractivity contribution < 1.29 is 4.42 Å². The van der Waals surface area contributed by atoms with E-state index in [9.17, 15) is 0 Å². The fourth-order valence-electron chi connectivity index (χ4n) is 7.69. The smallest absolute Gasteiger partial charge is 0.227 e. The second-order valence-electron chi connectivity index (χ2n) is 13.5. The van der Waals surface area contributed by atoms with Crippen LogP contribution in [0.3, 0.4) is 0 Å². The molecule has 3 aromatic heterocycles. The molecule has 252 valence electrons. The molecule has 0 saturated carbocycles. The second kappa shape index (κ2) is 12.1. The molecule has 6 nitrogen and oxygen atoms in total. The van der Waals surface area contributed by atoms with E-state index in [2.05, 4.69) is 138 Å². The molecular formula is C48H29N5O. The van der Waals surface area contributed by atoms with Gasteiger partial charge in [-0.05, 0) is 76.8 Å². The molecule has 0 unspecified atom stereocenters. The first kappa shape index (κ1) is 30.2. The van der Waals surface area contributed by atoms with Gasteiger partial charge in [0.25, 0.3) is 0 Å². The first-order chi connectivity index (χ1) is 26.7. The molecule has 0 atom stereocenters. The monoisotopic (exact) mass is 691 g/mol. The van der Waals surface area contributed by atoms with Crippen LogP contribution in [-0.4, -0.2) is 24.5 Å². The number of benzene rings is 8. The number of aromatic nitrogens is 5. The van der Waals surface area contributed by atoms with E-state index in [1.54, 1.807) is 0 Å². The van der Waals surface area contributed by atoms with Gasteiger partial charge in [0.05, 0.1) is 11.0 Å². The fourth-order valence-corrected chi connectivity index (χ4v) is 7.69. The summed E-state index contributed by atoms with van der Waals surface area (Å²) in [4.78, 5) is 20.3. The summed E-state index contributed by atoms with van der Waals surface area (Å²) in [6.07, 6.45) is 0. The van der Waals surface area contributed by atoms with Gasteiger partial charge in [0.1, 0.15) is 5.52 Å². The van der Waals surface area contributed by atoms with Gasteiger partial charge in [-0.25, -0.2) is 19.9 Å². The Kier molecular flexibility index (Phi) is 6.75. The molecule has 0 aliphatic heterocycles. The molecule has 0 radical (unpaired) electrons. The largest absolute Gasteiger partial charge is 0.435 e. The third-order valence-corrected chi connectivity index (χ3v) is 10.3. The van der Waals surface area contributed by atoms with Crippen molar-refractivity contribution in [1.82, 2.24) is 24.5 Å². The van der Waals surface area contributed by atoms with E-state index < -0.39 is 0 Å². The van der Waals surface area contributed by atoms with Crippen molar-refractivity contribution in [3.8, 4) is 51.3 Å². The van der Waals surface area contributed by atoms with Crippen LogP contribution in [0.15, 0.2) is 180 Å². The average Bonchev–Trinajstić information content (AvgIpc) is 3.84. The molecule has 3 heterocycles. The quantitative estimate of drug-likeness (QED) is 0.180. The summed E-state index contributed by atoms with van der Waals surface area (Å²) in [5.74, 6) is 2.32. The van der Waals surface area contributed by atoms with E-state index in [1.807, 2.05) is 42.5 Å². The van der Waals surface area contributed by atoms with Gasteiger partial charge in [-0.3, -0.25) is 0 Å². The predicted molar refractivity (Wildman–Crippen MR) is 218 cm³/mol. The Labute approximate surface area is 309 Å². The third-order valence-electron chi connectivity index (χ3n) is 10.3. The molecule has 8 aromatic carbocycles. The Morgan fingerprint density at radius 2 is 1.02 bits per heavy atom. The first-order valence-corrected chi connectivity index (χ1v) is 18.0. The number of nitrogens with zero attached hydrogens (tertiary/aromatic N) is 5. The molecule has 0 spiro atoms. The van der Waals surface area contributed by atoms with E-state index in [4.69, 9.17) is 24.4 Å². The maximum atomic E-state index is 6.53. The van der Waals surface area contributed by atoms with Gasteiger partial charge in [-0.1, -0.05) is 115 Å². The van der Waals surface area contributed by atoms with E-state index in [-0.39, 0.29) is 0 Å². The Morgan fingerprint density at radius 3 is 1.80 bits per heavy atom. The molecule has 0 aliphatic rings. The maximum Gasteiger partial charge on any atom is 0.227 e. The number of oxazole rings is 1. The molecule has 6 heteroatoms. The van der Waals surface area contributed by atoms with Gasteiger partial charge in [-0.15, -0.1) is 0 Å². The number of rotatable bonds is 5. The summed E-state index contributed by atoms with van der Waals surface area (Å²) in [5.41, 5.74) is 8.45. The lowest BCUT2D eigenvalue weighted by molar-refractivity contribution is 0.623. The third kappa shape index (κ3) is 4.89. The van der Waals surface area contributed by atoms with Crippen LogP contribution in [0.5, 0.6) is 0 Å². The summed E-state index contributed by atoms with van der Waals surface area (Å²) in [7, 11) is 0. The van der Waals surface area contributed by atoms with E-state index in [0.717, 1.165) is 66.0 Å². The lowest BCUT2D eigenvalue weighted by Crippen LogP contribution is -2.01. The zero-order chi connectivity index (χ0) is 35.6. The fraction of sp³-hybridized carbons (Fsp3) is 0. The molecule has 11 rings (SSSR count). The minimum atomic E-state index is 0.561. The van der Waals surface area contributed by atoms with Gasteiger partial charge in [-0.2, -0.15) is 0 Å². The van der Waals surface area contributed by atoms with Gasteiger partial charge in [0.15, 0.2) is 23.1 Å². The second-order valence-corrected chi connectivity index (χ2v) is 13.5. The van der Waals surface area contributed by atoms with Crippen molar-refractivity contribution in [2.75, 3.05) is 0 Å². The highest BCUT2D eigenvalue weighted by molar-refractivity contribution is 6.11. The zero-order valence-corrected chi connectivity index (χ0v) is 28.9. The average molecular weight is 692 g/mol. The zero-order valence-electron chi connectivity index (χ0n) is 28.9. The number of hydrogen-bond donors (Lipinski definition) is 0. The molecule has 0 aliphatic carbocycles. The Balaban J connectivity index is 1.11. The normalized spacial score (nSPS) is 11.7. The summed E-state index contributed by atoms with van der Waals surface area (Å²) < 4.78 is 8.85. The van der Waals surface area contributed by atoms with Gasteiger partial charge in [0, 0.05) is 44.1 Å². The summed E-state index contributed by atoms with van der Waals surface area (Å²) >= 11 is 0. The molecule has 0 saturated heterocycles. The van der Waals surface area contributed by atoms with Crippen LogP contribution < -0.4 is 0 Å². The lowest BCUT2D eigenvalue weighted by atomic mass is 10.0. The van der Waals surface area contributed by atoms with Crippen molar-refractivity contribution in [1.29, 1.82) is 0 Å². The lowest BCUT2D eigenvalue weighted by Gasteiger charge is -2.12.